The van der Waals surface area contributed by atoms with Crippen LogP contribution in [0.3, 0.4) is 0 Å². The molecule has 1 aromatic heterocycles. The van der Waals surface area contributed by atoms with Crippen LogP contribution in [0.5, 0.6) is 5.75 Å². The Balaban J connectivity index is 2.11. The molecule has 0 aliphatic carbocycles. The number of carbonyl (C=O) groups is 1. The number of hydrogen-bond donors (Lipinski definition) is 2. The lowest BCUT2D eigenvalue weighted by Crippen LogP contribution is -2.20. The number of nitrogens with one attached hydrogen (secondary N) is 1. The van der Waals surface area contributed by atoms with Crippen LogP contribution < -0.4 is 5.43 Å². The highest BCUT2D eigenvalue weighted by molar-refractivity contribution is 5.82. The van der Waals surface area contributed by atoms with E-state index in [2.05, 4.69) is 57.1 Å². The van der Waals surface area contributed by atoms with Gasteiger partial charge in [-0.25, -0.2) is 5.43 Å². The van der Waals surface area contributed by atoms with Gasteiger partial charge in [0.05, 0.1) is 6.21 Å². The number of phenolic OH excluding ortho intramolecular Hbond substituents is 1. The van der Waals surface area contributed by atoms with Crippen LogP contribution in [0.25, 0.3) is 0 Å². The molecule has 1 heterocycles. The van der Waals surface area contributed by atoms with Crippen molar-refractivity contribution < 1.29 is 9.90 Å². The largest absolute Gasteiger partial charge is 0.507 e. The Hall–Kier alpha value is -2.69. The summed E-state index contributed by atoms with van der Waals surface area (Å²) in [4.78, 5) is 16.1. The molecule has 0 unspecified atom stereocenters. The third kappa shape index (κ3) is 5.91. The molecule has 2 rings (SSSR count). The van der Waals surface area contributed by atoms with Crippen molar-refractivity contribution in [3.63, 3.8) is 0 Å². The number of aryl methyl sites for hydroxylation is 1. The first-order valence-corrected chi connectivity index (χ1v) is 9.57. The second-order valence-corrected chi connectivity index (χ2v) is 9.11. The van der Waals surface area contributed by atoms with Gasteiger partial charge in [0.25, 0.3) is 0 Å². The van der Waals surface area contributed by atoms with Crippen molar-refractivity contribution in [3.8, 4) is 5.75 Å². The molecule has 0 spiro atoms. The van der Waals surface area contributed by atoms with Gasteiger partial charge in [0.15, 0.2) is 0 Å². The second kappa shape index (κ2) is 8.55. The van der Waals surface area contributed by atoms with Crippen molar-refractivity contribution in [2.24, 2.45) is 5.10 Å². The number of aromatic hydroxyl groups is 1. The Kier molecular flexibility index (Phi) is 6.60. The molecule has 0 fully saturated rings. The van der Waals surface area contributed by atoms with Gasteiger partial charge in [0.2, 0.25) is 5.91 Å². The third-order valence-corrected chi connectivity index (χ3v) is 4.54. The van der Waals surface area contributed by atoms with Gasteiger partial charge in [0.1, 0.15) is 5.75 Å². The molecule has 0 atom stereocenters. The zero-order valence-electron chi connectivity index (χ0n) is 17.7. The van der Waals surface area contributed by atoms with Gasteiger partial charge in [-0.15, -0.1) is 0 Å². The second-order valence-electron chi connectivity index (χ2n) is 9.11. The van der Waals surface area contributed by atoms with Crippen LogP contribution in [0.2, 0.25) is 0 Å². The molecule has 1 aromatic carbocycles. The molecule has 0 saturated carbocycles. The summed E-state index contributed by atoms with van der Waals surface area (Å²) >= 11 is 0. The van der Waals surface area contributed by atoms with Crippen LogP contribution in [0.1, 0.15) is 70.2 Å². The van der Waals surface area contributed by atoms with E-state index in [1.807, 2.05) is 24.3 Å². The van der Waals surface area contributed by atoms with E-state index in [1.165, 1.54) is 0 Å². The number of pyridine rings is 1. The standard InChI is InChI=1S/C23H31N3O2/c1-22(2,3)18-13-17(14-19(21(18)28)23(4,5)6)7-8-20(27)26-25-15-16-9-11-24-12-10-16/h9-15,28H,7-8H2,1-6H3,(H,26,27)/b25-15-. The fourth-order valence-electron chi connectivity index (χ4n) is 2.92. The van der Waals surface area contributed by atoms with E-state index in [0.717, 1.165) is 22.3 Å². The molecule has 150 valence electrons. The van der Waals surface area contributed by atoms with Crippen molar-refractivity contribution >= 4 is 12.1 Å². The monoisotopic (exact) mass is 381 g/mol. The number of phenols is 1. The highest BCUT2D eigenvalue weighted by Gasteiger charge is 2.26. The maximum Gasteiger partial charge on any atom is 0.240 e. The lowest BCUT2D eigenvalue weighted by Gasteiger charge is -2.28. The van der Waals surface area contributed by atoms with Gasteiger partial charge in [-0.2, -0.15) is 5.10 Å². The van der Waals surface area contributed by atoms with Crippen molar-refractivity contribution in [2.45, 2.75) is 65.2 Å². The Morgan fingerprint density at radius 1 is 1.07 bits per heavy atom. The van der Waals surface area contributed by atoms with E-state index in [-0.39, 0.29) is 16.7 Å². The minimum Gasteiger partial charge on any atom is -0.507 e. The van der Waals surface area contributed by atoms with Crippen LogP contribution in [0.15, 0.2) is 41.8 Å². The Labute approximate surface area is 167 Å². The first-order chi connectivity index (χ1) is 13.0. The molecule has 0 saturated heterocycles. The Morgan fingerprint density at radius 2 is 1.61 bits per heavy atom. The zero-order valence-corrected chi connectivity index (χ0v) is 17.7. The van der Waals surface area contributed by atoms with E-state index in [1.54, 1.807) is 18.6 Å². The van der Waals surface area contributed by atoms with Crippen molar-refractivity contribution in [1.29, 1.82) is 0 Å². The fourth-order valence-corrected chi connectivity index (χ4v) is 2.92. The number of aromatic nitrogens is 1. The molecule has 5 nitrogen and oxygen atoms in total. The molecule has 2 N–H and O–H groups in total. The van der Waals surface area contributed by atoms with Gasteiger partial charge >= 0.3 is 0 Å². The summed E-state index contributed by atoms with van der Waals surface area (Å²) in [5.74, 6) is 0.211. The van der Waals surface area contributed by atoms with E-state index >= 15 is 0 Å². The molecular weight excluding hydrogens is 350 g/mol. The van der Waals surface area contributed by atoms with E-state index in [9.17, 15) is 9.90 Å². The molecule has 5 heteroatoms. The van der Waals surface area contributed by atoms with Crippen molar-refractivity contribution in [2.75, 3.05) is 0 Å². The summed E-state index contributed by atoms with van der Waals surface area (Å²) in [6, 6.07) is 7.65. The number of rotatable bonds is 5. The van der Waals surface area contributed by atoms with Gasteiger partial charge in [-0.3, -0.25) is 9.78 Å². The van der Waals surface area contributed by atoms with Gasteiger partial charge in [-0.05, 0) is 51.6 Å². The average Bonchev–Trinajstić information content (AvgIpc) is 2.59. The number of benzene rings is 1. The maximum absolute atomic E-state index is 12.2. The number of amides is 1. The third-order valence-electron chi connectivity index (χ3n) is 4.54. The summed E-state index contributed by atoms with van der Waals surface area (Å²) in [6.45, 7) is 12.5. The summed E-state index contributed by atoms with van der Waals surface area (Å²) in [5, 5.41) is 14.8. The lowest BCUT2D eigenvalue weighted by atomic mass is 9.78. The Morgan fingerprint density at radius 3 is 2.11 bits per heavy atom. The maximum atomic E-state index is 12.2. The first kappa shape index (κ1) is 21.6. The summed E-state index contributed by atoms with van der Waals surface area (Å²) in [5.41, 5.74) is 5.93. The van der Waals surface area contributed by atoms with Crippen molar-refractivity contribution in [3.05, 3.63) is 58.9 Å². The number of hydrogen-bond acceptors (Lipinski definition) is 4. The average molecular weight is 382 g/mol. The molecule has 0 aliphatic rings. The quantitative estimate of drug-likeness (QED) is 0.593. The number of nitrogens with zero attached hydrogens (tertiary/aromatic N) is 2. The molecule has 28 heavy (non-hydrogen) atoms. The van der Waals surface area contributed by atoms with Gasteiger partial charge in [-0.1, -0.05) is 53.7 Å². The first-order valence-electron chi connectivity index (χ1n) is 9.57. The smallest absolute Gasteiger partial charge is 0.240 e. The normalized spacial score (nSPS) is 12.4. The van der Waals surface area contributed by atoms with E-state index in [4.69, 9.17) is 0 Å². The molecule has 1 amide bonds. The van der Waals surface area contributed by atoms with Crippen LogP contribution in [-0.2, 0) is 22.0 Å². The highest BCUT2D eigenvalue weighted by Crippen LogP contribution is 2.39. The SMILES string of the molecule is CC(C)(C)c1cc(CCC(=O)N/N=C\c2ccncc2)cc(C(C)(C)C)c1O. The predicted octanol–water partition coefficient (Wildman–Crippen LogP) is 4.47. The summed E-state index contributed by atoms with van der Waals surface area (Å²) in [7, 11) is 0. The lowest BCUT2D eigenvalue weighted by molar-refractivity contribution is -0.121. The van der Waals surface area contributed by atoms with Crippen LogP contribution in [0, 0.1) is 0 Å². The number of carbonyl (C=O) groups excluding carboxylic acids is 1. The predicted molar refractivity (Wildman–Crippen MR) is 114 cm³/mol. The van der Waals surface area contributed by atoms with Gasteiger partial charge < -0.3 is 5.11 Å². The topological polar surface area (TPSA) is 74.6 Å². The molecule has 0 aliphatic heterocycles. The van der Waals surface area contributed by atoms with E-state index < -0.39 is 0 Å². The fraction of sp³-hybridized carbons (Fsp3) is 0.435. The minimum absolute atomic E-state index is 0.145. The molecule has 2 aromatic rings. The molecule has 0 bridgehead atoms. The van der Waals surface area contributed by atoms with Crippen molar-refractivity contribution in [1.82, 2.24) is 10.4 Å². The highest BCUT2D eigenvalue weighted by atomic mass is 16.3. The summed E-state index contributed by atoms with van der Waals surface area (Å²) in [6.07, 6.45) is 5.85. The van der Waals surface area contributed by atoms with Gasteiger partial charge in [0, 0.05) is 18.8 Å². The molecular formula is C23H31N3O2. The summed E-state index contributed by atoms with van der Waals surface area (Å²) < 4.78 is 0. The zero-order chi connectivity index (χ0) is 20.9. The molecule has 0 radical (unpaired) electrons. The van der Waals surface area contributed by atoms with Crippen LogP contribution in [-0.4, -0.2) is 22.2 Å². The minimum atomic E-state index is -0.183. The van der Waals surface area contributed by atoms with E-state index in [0.29, 0.717) is 18.6 Å². The van der Waals surface area contributed by atoms with Crippen LogP contribution >= 0.6 is 0 Å². The Bertz CT molecular complexity index is 809. The van der Waals surface area contributed by atoms with Crippen LogP contribution in [0.4, 0.5) is 0 Å². The number of hydrazone groups is 1.